The number of piperidine rings is 1. The first-order valence-corrected chi connectivity index (χ1v) is 10.7. The highest BCUT2D eigenvalue weighted by atomic mass is 16.6. The molecule has 1 saturated heterocycles. The van der Waals surface area contributed by atoms with Crippen molar-refractivity contribution in [2.24, 2.45) is 0 Å². The van der Waals surface area contributed by atoms with Crippen molar-refractivity contribution in [3.63, 3.8) is 0 Å². The number of anilines is 2. The summed E-state index contributed by atoms with van der Waals surface area (Å²) in [6, 6.07) is 6.67. The molecule has 0 radical (unpaired) electrons. The molecule has 0 unspecified atom stereocenters. The summed E-state index contributed by atoms with van der Waals surface area (Å²) in [4.78, 5) is 35.2. The van der Waals surface area contributed by atoms with Gasteiger partial charge in [0.25, 0.3) is 5.69 Å². The number of carbonyl (C=O) groups is 1. The van der Waals surface area contributed by atoms with E-state index in [0.717, 1.165) is 11.3 Å². The van der Waals surface area contributed by atoms with E-state index in [0.29, 0.717) is 50.6 Å². The Morgan fingerprint density at radius 3 is 2.59 bits per heavy atom. The zero-order valence-corrected chi connectivity index (χ0v) is 18.5. The summed E-state index contributed by atoms with van der Waals surface area (Å²) in [6.07, 6.45) is 3.20. The summed E-state index contributed by atoms with van der Waals surface area (Å²) in [5.41, 5.74) is 1.41. The smallest absolute Gasteiger partial charge is 0.410 e. The second-order valence-electron chi connectivity index (χ2n) is 8.97. The van der Waals surface area contributed by atoms with E-state index in [-0.39, 0.29) is 22.8 Å². The number of carbonyl (C=O) groups excluding carboxylic acids is 1. The van der Waals surface area contributed by atoms with Crippen molar-refractivity contribution in [2.45, 2.75) is 51.7 Å². The third kappa shape index (κ3) is 4.90. The third-order valence-electron chi connectivity index (χ3n) is 5.45. The van der Waals surface area contributed by atoms with Crippen molar-refractivity contribution < 1.29 is 19.2 Å². The van der Waals surface area contributed by atoms with Crippen LogP contribution < -0.4 is 9.64 Å². The second kappa shape index (κ2) is 8.60. The Kier molecular flexibility index (Phi) is 5.86. The largest absolute Gasteiger partial charge is 0.474 e. The molecule has 2 aliphatic heterocycles. The van der Waals surface area contributed by atoms with Crippen LogP contribution in [-0.2, 0) is 11.2 Å². The fraction of sp³-hybridized carbons (Fsp3) is 0.500. The van der Waals surface area contributed by atoms with Crippen molar-refractivity contribution in [2.75, 3.05) is 24.5 Å². The number of non-ortho nitro benzene ring substituents is 1. The molecule has 0 aliphatic carbocycles. The molecule has 170 valence electrons. The van der Waals surface area contributed by atoms with Crippen LogP contribution in [-0.4, -0.2) is 57.2 Å². The van der Waals surface area contributed by atoms with Gasteiger partial charge in [0.05, 0.1) is 4.92 Å². The summed E-state index contributed by atoms with van der Waals surface area (Å²) < 4.78 is 11.5. The lowest BCUT2D eigenvalue weighted by Crippen LogP contribution is -2.44. The van der Waals surface area contributed by atoms with E-state index in [4.69, 9.17) is 9.47 Å². The van der Waals surface area contributed by atoms with Gasteiger partial charge in [-0.15, -0.1) is 0 Å². The predicted octanol–water partition coefficient (Wildman–Crippen LogP) is 3.86. The lowest BCUT2D eigenvalue weighted by molar-refractivity contribution is -0.384. The van der Waals surface area contributed by atoms with Crippen LogP contribution in [0.3, 0.4) is 0 Å². The number of fused-ring (bicyclic) bond motifs is 1. The Morgan fingerprint density at radius 2 is 1.91 bits per heavy atom. The molecule has 1 amide bonds. The molecule has 0 N–H and O–H groups in total. The van der Waals surface area contributed by atoms with E-state index in [1.165, 1.54) is 12.4 Å². The van der Waals surface area contributed by atoms with Crippen LogP contribution in [0.5, 0.6) is 5.88 Å². The standard InChI is InChI=1S/C22H27N5O5/c1-22(2,3)32-21(28)25-9-7-17(8-10-25)31-20-13-19(23-14-24-20)26-11-6-15-12-16(27(29)30)4-5-18(15)26/h4-5,12-14,17H,6-11H2,1-3H3. The first kappa shape index (κ1) is 21.8. The van der Waals surface area contributed by atoms with E-state index in [1.807, 2.05) is 25.7 Å². The summed E-state index contributed by atoms with van der Waals surface area (Å²) in [5.74, 6) is 1.16. The van der Waals surface area contributed by atoms with Crippen LogP contribution in [0.1, 0.15) is 39.2 Å². The number of hydrogen-bond acceptors (Lipinski definition) is 8. The number of aromatic nitrogens is 2. The average Bonchev–Trinajstić information content (AvgIpc) is 3.16. The molecule has 0 bridgehead atoms. The van der Waals surface area contributed by atoms with Crippen molar-refractivity contribution in [1.82, 2.24) is 14.9 Å². The Morgan fingerprint density at radius 1 is 1.16 bits per heavy atom. The second-order valence-corrected chi connectivity index (χ2v) is 8.97. The van der Waals surface area contributed by atoms with Gasteiger partial charge in [0.15, 0.2) is 0 Å². The minimum Gasteiger partial charge on any atom is -0.474 e. The van der Waals surface area contributed by atoms with Gasteiger partial charge in [-0.25, -0.2) is 14.8 Å². The summed E-state index contributed by atoms with van der Waals surface area (Å²) in [7, 11) is 0. The molecule has 2 aliphatic rings. The molecular weight excluding hydrogens is 414 g/mol. The van der Waals surface area contributed by atoms with Gasteiger partial charge < -0.3 is 19.3 Å². The Bertz CT molecular complexity index is 1010. The van der Waals surface area contributed by atoms with Gasteiger partial charge >= 0.3 is 6.09 Å². The van der Waals surface area contributed by atoms with E-state index < -0.39 is 5.60 Å². The molecule has 2 aromatic rings. The lowest BCUT2D eigenvalue weighted by atomic mass is 10.1. The number of hydrogen-bond donors (Lipinski definition) is 0. The van der Waals surface area contributed by atoms with Gasteiger partial charge in [0.2, 0.25) is 5.88 Å². The molecule has 3 heterocycles. The zero-order valence-electron chi connectivity index (χ0n) is 18.5. The molecule has 32 heavy (non-hydrogen) atoms. The highest BCUT2D eigenvalue weighted by Gasteiger charge is 2.28. The first-order valence-electron chi connectivity index (χ1n) is 10.7. The molecule has 0 atom stereocenters. The first-order chi connectivity index (χ1) is 15.2. The topological polar surface area (TPSA) is 111 Å². The number of ether oxygens (including phenoxy) is 2. The molecule has 1 fully saturated rings. The minimum absolute atomic E-state index is 0.0510. The van der Waals surface area contributed by atoms with E-state index in [9.17, 15) is 14.9 Å². The predicted molar refractivity (Wildman–Crippen MR) is 117 cm³/mol. The fourth-order valence-corrected chi connectivity index (χ4v) is 3.94. The SMILES string of the molecule is CC(C)(C)OC(=O)N1CCC(Oc2cc(N3CCc4cc([N+](=O)[O-])ccc43)ncn2)CC1. The number of nitro benzene ring substituents is 1. The lowest BCUT2D eigenvalue weighted by Gasteiger charge is -2.33. The number of nitro groups is 1. The molecule has 0 spiro atoms. The molecular formula is C22H27N5O5. The van der Waals surface area contributed by atoms with Crippen molar-refractivity contribution in [1.29, 1.82) is 0 Å². The Labute approximate surface area is 186 Å². The Hall–Kier alpha value is -3.43. The van der Waals surface area contributed by atoms with Crippen molar-refractivity contribution in [3.05, 3.63) is 46.3 Å². The maximum atomic E-state index is 12.2. The van der Waals surface area contributed by atoms with E-state index >= 15 is 0 Å². The number of likely N-dealkylation sites (tertiary alicyclic amines) is 1. The summed E-state index contributed by atoms with van der Waals surface area (Å²) in [6.45, 7) is 7.38. The fourth-order valence-electron chi connectivity index (χ4n) is 3.94. The van der Waals surface area contributed by atoms with Gasteiger partial charge in [-0.2, -0.15) is 0 Å². The molecule has 1 aromatic carbocycles. The Balaban J connectivity index is 1.38. The summed E-state index contributed by atoms with van der Waals surface area (Å²) >= 11 is 0. The zero-order chi connectivity index (χ0) is 22.9. The maximum absolute atomic E-state index is 12.2. The van der Waals surface area contributed by atoms with Gasteiger partial charge in [-0.3, -0.25) is 10.1 Å². The van der Waals surface area contributed by atoms with Gasteiger partial charge in [-0.05, 0) is 38.8 Å². The molecule has 10 nitrogen and oxygen atoms in total. The third-order valence-corrected chi connectivity index (χ3v) is 5.45. The van der Waals surface area contributed by atoms with Crippen LogP contribution in [0.15, 0.2) is 30.6 Å². The maximum Gasteiger partial charge on any atom is 0.410 e. The number of benzene rings is 1. The quantitative estimate of drug-likeness (QED) is 0.519. The minimum atomic E-state index is -0.513. The molecule has 10 heteroatoms. The summed E-state index contributed by atoms with van der Waals surface area (Å²) in [5, 5.41) is 11.0. The van der Waals surface area contributed by atoms with Crippen LogP contribution >= 0.6 is 0 Å². The number of amides is 1. The average molecular weight is 441 g/mol. The van der Waals surface area contributed by atoms with Crippen LogP contribution in [0.25, 0.3) is 0 Å². The highest BCUT2D eigenvalue weighted by molar-refractivity contribution is 5.70. The monoisotopic (exact) mass is 441 g/mol. The van der Waals surface area contributed by atoms with Crippen LogP contribution in [0.4, 0.5) is 22.0 Å². The molecule has 0 saturated carbocycles. The van der Waals surface area contributed by atoms with Gasteiger partial charge in [0, 0.05) is 56.4 Å². The molecule has 4 rings (SSSR count). The van der Waals surface area contributed by atoms with E-state index in [1.54, 1.807) is 23.1 Å². The number of nitrogens with zero attached hydrogens (tertiary/aromatic N) is 5. The van der Waals surface area contributed by atoms with Crippen LogP contribution in [0.2, 0.25) is 0 Å². The highest BCUT2D eigenvalue weighted by Crippen LogP contribution is 2.36. The van der Waals surface area contributed by atoms with Gasteiger partial charge in [0.1, 0.15) is 23.9 Å². The van der Waals surface area contributed by atoms with Crippen molar-refractivity contribution >= 4 is 23.3 Å². The molecule has 1 aromatic heterocycles. The van der Waals surface area contributed by atoms with Crippen LogP contribution in [0, 0.1) is 10.1 Å². The van der Waals surface area contributed by atoms with Crippen molar-refractivity contribution in [3.8, 4) is 5.88 Å². The van der Waals surface area contributed by atoms with Gasteiger partial charge in [-0.1, -0.05) is 0 Å². The van der Waals surface area contributed by atoms with E-state index in [2.05, 4.69) is 9.97 Å². The number of rotatable bonds is 4. The normalized spacial score (nSPS) is 16.6.